The van der Waals surface area contributed by atoms with Crippen LogP contribution in [0.5, 0.6) is 0 Å². The van der Waals surface area contributed by atoms with Crippen molar-refractivity contribution >= 4 is 0 Å². The molecule has 0 aliphatic heterocycles. The molecule has 0 amide bonds. The Morgan fingerprint density at radius 3 is 2.48 bits per heavy atom. The van der Waals surface area contributed by atoms with E-state index < -0.39 is 0 Å². The van der Waals surface area contributed by atoms with Crippen LogP contribution in [0.15, 0.2) is 71.0 Å². The smallest absolute Gasteiger partial charge is 0.0603 e. The van der Waals surface area contributed by atoms with Crippen molar-refractivity contribution in [1.29, 1.82) is 0 Å². The standard InChI is InChI=1S/C23H35NO/c1-19(11-8-16-24-17-18-25)9-6-10-20(2)13-14-22-21(3)12-7-15-23(22,4)5/h6,8-11,13-14,16,24-25H,7,12,15,17-18H2,1-5H3/b9-6+,14-13+,16-8+,19-11+,20-10+. The molecule has 0 atom stereocenters. The Balaban J connectivity index is 2.63. The van der Waals surface area contributed by atoms with Crippen molar-refractivity contribution < 1.29 is 5.11 Å². The molecule has 0 spiro atoms. The maximum Gasteiger partial charge on any atom is 0.0603 e. The molecule has 1 rings (SSSR count). The molecule has 2 nitrogen and oxygen atoms in total. The Hall–Kier alpha value is -1.80. The first-order valence-electron chi connectivity index (χ1n) is 9.28. The van der Waals surface area contributed by atoms with Gasteiger partial charge in [-0.25, -0.2) is 0 Å². The van der Waals surface area contributed by atoms with Crippen LogP contribution in [0.3, 0.4) is 0 Å². The van der Waals surface area contributed by atoms with Crippen LogP contribution in [0.1, 0.15) is 53.9 Å². The number of allylic oxidation sites excluding steroid dienone is 11. The molecule has 138 valence electrons. The van der Waals surface area contributed by atoms with Crippen molar-refractivity contribution in [2.45, 2.75) is 53.9 Å². The number of hydrogen-bond acceptors (Lipinski definition) is 2. The van der Waals surface area contributed by atoms with Gasteiger partial charge in [0.1, 0.15) is 0 Å². The lowest BCUT2D eigenvalue weighted by Gasteiger charge is -2.32. The van der Waals surface area contributed by atoms with E-state index >= 15 is 0 Å². The van der Waals surface area contributed by atoms with E-state index in [1.165, 1.54) is 41.6 Å². The lowest BCUT2D eigenvalue weighted by atomic mass is 9.72. The minimum atomic E-state index is 0.151. The van der Waals surface area contributed by atoms with Crippen LogP contribution >= 0.6 is 0 Å². The Morgan fingerprint density at radius 1 is 1.12 bits per heavy atom. The maximum absolute atomic E-state index is 8.68. The molecule has 0 heterocycles. The average Bonchev–Trinajstić information content (AvgIpc) is 2.53. The van der Waals surface area contributed by atoms with Crippen LogP contribution in [0.25, 0.3) is 0 Å². The minimum absolute atomic E-state index is 0.151. The van der Waals surface area contributed by atoms with Crippen molar-refractivity contribution in [3.63, 3.8) is 0 Å². The van der Waals surface area contributed by atoms with E-state index in [2.05, 4.69) is 70.3 Å². The molecular formula is C23H35NO. The molecule has 0 aromatic heterocycles. The molecule has 2 heteroatoms. The van der Waals surface area contributed by atoms with Gasteiger partial charge in [0.2, 0.25) is 0 Å². The number of hydrogen-bond donors (Lipinski definition) is 2. The van der Waals surface area contributed by atoms with E-state index in [9.17, 15) is 0 Å². The van der Waals surface area contributed by atoms with Gasteiger partial charge in [0.25, 0.3) is 0 Å². The first kappa shape index (κ1) is 21.2. The Bertz CT molecular complexity index is 598. The van der Waals surface area contributed by atoms with Gasteiger partial charge < -0.3 is 10.4 Å². The second-order valence-corrected chi connectivity index (χ2v) is 7.48. The third kappa shape index (κ3) is 8.22. The van der Waals surface area contributed by atoms with Crippen molar-refractivity contribution in [1.82, 2.24) is 5.32 Å². The van der Waals surface area contributed by atoms with E-state index in [0.717, 1.165) is 0 Å². The van der Waals surface area contributed by atoms with Crippen molar-refractivity contribution in [3.05, 3.63) is 71.0 Å². The average molecular weight is 342 g/mol. The van der Waals surface area contributed by atoms with Gasteiger partial charge in [0.05, 0.1) is 6.61 Å². The predicted octanol–water partition coefficient (Wildman–Crippen LogP) is 5.61. The summed E-state index contributed by atoms with van der Waals surface area (Å²) in [7, 11) is 0. The fraction of sp³-hybridized carbons (Fsp3) is 0.478. The summed E-state index contributed by atoms with van der Waals surface area (Å²) in [4.78, 5) is 0. The normalized spacial score (nSPS) is 19.6. The summed E-state index contributed by atoms with van der Waals surface area (Å²) in [6.07, 6.45) is 20.5. The molecule has 2 N–H and O–H groups in total. The van der Waals surface area contributed by atoms with Crippen molar-refractivity contribution in [2.75, 3.05) is 13.2 Å². The molecular weight excluding hydrogens is 306 g/mol. The van der Waals surface area contributed by atoms with Crippen molar-refractivity contribution in [3.8, 4) is 0 Å². The summed E-state index contributed by atoms with van der Waals surface area (Å²) in [6.45, 7) is 11.9. The van der Waals surface area contributed by atoms with Gasteiger partial charge in [-0.15, -0.1) is 0 Å². The van der Waals surface area contributed by atoms with E-state index in [1.807, 2.05) is 18.4 Å². The van der Waals surface area contributed by atoms with Gasteiger partial charge in [0.15, 0.2) is 0 Å². The first-order valence-corrected chi connectivity index (χ1v) is 9.28. The molecule has 0 saturated carbocycles. The van der Waals surface area contributed by atoms with Gasteiger partial charge >= 0.3 is 0 Å². The van der Waals surface area contributed by atoms with E-state index in [0.29, 0.717) is 12.0 Å². The predicted molar refractivity (Wildman–Crippen MR) is 110 cm³/mol. The number of aliphatic hydroxyl groups excluding tert-OH is 1. The molecule has 0 bridgehead atoms. The summed E-state index contributed by atoms with van der Waals surface area (Å²) in [5.74, 6) is 0. The largest absolute Gasteiger partial charge is 0.395 e. The second kappa shape index (κ2) is 10.9. The number of aliphatic hydroxyl groups is 1. The topological polar surface area (TPSA) is 32.3 Å². The minimum Gasteiger partial charge on any atom is -0.395 e. The molecule has 25 heavy (non-hydrogen) atoms. The summed E-state index contributed by atoms with van der Waals surface area (Å²) in [5, 5.41) is 11.7. The van der Waals surface area contributed by atoms with Crippen LogP contribution in [-0.2, 0) is 0 Å². The van der Waals surface area contributed by atoms with Crippen LogP contribution in [0, 0.1) is 5.41 Å². The molecule has 0 saturated heterocycles. The molecule has 1 aliphatic rings. The quantitative estimate of drug-likeness (QED) is 0.444. The summed E-state index contributed by atoms with van der Waals surface area (Å²) < 4.78 is 0. The van der Waals surface area contributed by atoms with Crippen molar-refractivity contribution in [2.24, 2.45) is 5.41 Å². The summed E-state index contributed by atoms with van der Waals surface area (Å²) >= 11 is 0. The zero-order valence-electron chi connectivity index (χ0n) is 16.6. The highest BCUT2D eigenvalue weighted by Crippen LogP contribution is 2.40. The number of rotatable bonds is 8. The van der Waals surface area contributed by atoms with Gasteiger partial charge in [-0.1, -0.05) is 67.0 Å². The third-order valence-electron chi connectivity index (χ3n) is 4.60. The van der Waals surface area contributed by atoms with Gasteiger partial charge in [-0.2, -0.15) is 0 Å². The zero-order valence-corrected chi connectivity index (χ0v) is 16.6. The molecule has 1 aliphatic carbocycles. The highest BCUT2D eigenvalue weighted by atomic mass is 16.3. The van der Waals surface area contributed by atoms with E-state index in [4.69, 9.17) is 5.11 Å². The summed E-state index contributed by atoms with van der Waals surface area (Å²) in [6, 6.07) is 0. The van der Waals surface area contributed by atoms with Crippen LogP contribution in [0.2, 0.25) is 0 Å². The number of nitrogens with one attached hydrogen (secondary N) is 1. The first-order chi connectivity index (χ1) is 11.9. The Kier molecular flexibility index (Phi) is 9.30. The lowest BCUT2D eigenvalue weighted by molar-refractivity contribution is 0.298. The summed E-state index contributed by atoms with van der Waals surface area (Å²) in [5.41, 5.74) is 5.78. The molecule has 0 aromatic rings. The van der Waals surface area contributed by atoms with E-state index in [-0.39, 0.29) is 6.61 Å². The van der Waals surface area contributed by atoms with Crippen LogP contribution < -0.4 is 5.32 Å². The molecule has 0 radical (unpaired) electrons. The zero-order chi connectivity index (χ0) is 18.7. The van der Waals surface area contributed by atoms with Gasteiger partial charge in [-0.05, 0) is 63.3 Å². The SMILES string of the molecule is CC1=C(/C=C/C(C)=C/C=C/C(C)=C/C=C/NCCO)C(C)(C)CCC1. The Morgan fingerprint density at radius 2 is 1.80 bits per heavy atom. The van der Waals surface area contributed by atoms with E-state index in [1.54, 1.807) is 0 Å². The third-order valence-corrected chi connectivity index (χ3v) is 4.60. The highest BCUT2D eigenvalue weighted by molar-refractivity contribution is 5.37. The highest BCUT2D eigenvalue weighted by Gasteiger charge is 2.26. The fourth-order valence-corrected chi connectivity index (χ4v) is 3.10. The monoisotopic (exact) mass is 341 g/mol. The van der Waals surface area contributed by atoms with Gasteiger partial charge in [-0.3, -0.25) is 0 Å². The maximum atomic E-state index is 8.68. The second-order valence-electron chi connectivity index (χ2n) is 7.48. The van der Waals surface area contributed by atoms with Crippen LogP contribution in [-0.4, -0.2) is 18.3 Å². The molecule has 0 fully saturated rings. The molecule has 0 unspecified atom stereocenters. The molecule has 0 aromatic carbocycles. The lowest BCUT2D eigenvalue weighted by Crippen LogP contribution is -2.19. The van der Waals surface area contributed by atoms with Gasteiger partial charge in [0, 0.05) is 6.54 Å². The van der Waals surface area contributed by atoms with Crippen LogP contribution in [0.4, 0.5) is 0 Å². The Labute approximate surface area is 154 Å². The fourth-order valence-electron chi connectivity index (χ4n) is 3.10.